The predicted octanol–water partition coefficient (Wildman–Crippen LogP) is 3.51. The second-order valence-electron chi connectivity index (χ2n) is 7.01. The van der Waals surface area contributed by atoms with E-state index in [-0.39, 0.29) is 22.7 Å². The Bertz CT molecular complexity index is 1060. The van der Waals surface area contributed by atoms with Gasteiger partial charge in [0.2, 0.25) is 5.91 Å². The number of fused-ring (bicyclic) bond motifs is 1. The van der Waals surface area contributed by atoms with Crippen LogP contribution in [0.25, 0.3) is 6.08 Å². The zero-order valence-electron chi connectivity index (χ0n) is 15.7. The summed E-state index contributed by atoms with van der Waals surface area (Å²) in [5, 5.41) is 11.2. The van der Waals surface area contributed by atoms with Gasteiger partial charge in [-0.2, -0.15) is 0 Å². The maximum atomic E-state index is 13.1. The number of hydrogen-bond donors (Lipinski definition) is 2. The number of imide groups is 1. The number of thioether (sulfide) groups is 1. The number of aromatic hydroxyl groups is 1. The first kappa shape index (κ1) is 19.3. The molecular formula is C22H19NO5S. The Balaban J connectivity index is 1.59. The smallest absolute Gasteiger partial charge is 0.286 e. The van der Waals surface area contributed by atoms with E-state index in [1.807, 2.05) is 24.3 Å². The molecule has 6 nitrogen and oxygen atoms in total. The quantitative estimate of drug-likeness (QED) is 0.751. The van der Waals surface area contributed by atoms with Gasteiger partial charge in [0.15, 0.2) is 17.3 Å². The fourth-order valence-electron chi connectivity index (χ4n) is 3.60. The lowest BCUT2D eigenvalue weighted by Gasteiger charge is -2.19. The Labute approximate surface area is 172 Å². The number of Topliss-reactive ketones (excluding diaryl/α,β-unsaturated/α-hetero) is 1. The summed E-state index contributed by atoms with van der Waals surface area (Å²) < 4.78 is 5.13. The number of carbonyl (C=O) groups is 3. The lowest BCUT2D eigenvalue weighted by atomic mass is 9.84. The Morgan fingerprint density at radius 2 is 2.00 bits per heavy atom. The summed E-state index contributed by atoms with van der Waals surface area (Å²) >= 11 is 0.985. The summed E-state index contributed by atoms with van der Waals surface area (Å²) in [6.07, 6.45) is 3.60. The molecule has 2 aromatic rings. The fraction of sp³-hybridized carbons (Fsp3) is 0.227. The number of methoxy groups -OCH3 is 1. The van der Waals surface area contributed by atoms with E-state index in [1.54, 1.807) is 12.1 Å². The topological polar surface area (TPSA) is 92.7 Å². The number of amides is 2. The van der Waals surface area contributed by atoms with Crippen molar-refractivity contribution in [1.82, 2.24) is 5.32 Å². The summed E-state index contributed by atoms with van der Waals surface area (Å²) in [4.78, 5) is 36.2. The summed E-state index contributed by atoms with van der Waals surface area (Å²) in [5.41, 5.74) is 3.94. The van der Waals surface area contributed by atoms with Crippen molar-refractivity contribution in [2.45, 2.75) is 24.5 Å². The van der Waals surface area contributed by atoms with Gasteiger partial charge >= 0.3 is 0 Å². The molecule has 0 aromatic heterocycles. The van der Waals surface area contributed by atoms with Crippen LogP contribution in [-0.2, 0) is 17.6 Å². The zero-order valence-corrected chi connectivity index (χ0v) is 16.5. The number of rotatable bonds is 4. The van der Waals surface area contributed by atoms with E-state index in [4.69, 9.17) is 4.74 Å². The second kappa shape index (κ2) is 7.75. The molecule has 1 atom stereocenters. The van der Waals surface area contributed by atoms with Gasteiger partial charge in [-0.25, -0.2) is 0 Å². The molecule has 7 heteroatoms. The van der Waals surface area contributed by atoms with Crippen molar-refractivity contribution in [3.63, 3.8) is 0 Å². The van der Waals surface area contributed by atoms with E-state index < -0.39 is 5.25 Å². The Morgan fingerprint density at radius 1 is 1.17 bits per heavy atom. The molecule has 0 saturated carbocycles. The Morgan fingerprint density at radius 3 is 2.72 bits per heavy atom. The van der Waals surface area contributed by atoms with Crippen molar-refractivity contribution in [3.8, 4) is 11.5 Å². The maximum absolute atomic E-state index is 13.1. The first-order valence-corrected chi connectivity index (χ1v) is 10.1. The van der Waals surface area contributed by atoms with Gasteiger partial charge in [0.1, 0.15) is 0 Å². The lowest BCUT2D eigenvalue weighted by Crippen LogP contribution is -2.25. The van der Waals surface area contributed by atoms with Crippen molar-refractivity contribution >= 4 is 34.8 Å². The van der Waals surface area contributed by atoms with E-state index in [2.05, 4.69) is 5.32 Å². The highest BCUT2D eigenvalue weighted by Gasteiger charge is 2.32. The first-order valence-electron chi connectivity index (χ1n) is 9.20. The van der Waals surface area contributed by atoms with Gasteiger partial charge in [-0.3, -0.25) is 19.7 Å². The number of aryl methyl sites for hydroxylation is 1. The highest BCUT2D eigenvalue weighted by molar-refractivity contribution is 8.15. The monoisotopic (exact) mass is 409 g/mol. The number of hydrogen-bond acceptors (Lipinski definition) is 6. The normalized spacial score (nSPS) is 20.0. The number of allylic oxidation sites excluding steroid dienone is 1. The van der Waals surface area contributed by atoms with Crippen LogP contribution in [0, 0.1) is 0 Å². The molecule has 0 spiro atoms. The predicted molar refractivity (Wildman–Crippen MR) is 110 cm³/mol. The molecule has 0 bridgehead atoms. The average molecular weight is 409 g/mol. The van der Waals surface area contributed by atoms with E-state index >= 15 is 0 Å². The van der Waals surface area contributed by atoms with Crippen LogP contribution in [0.2, 0.25) is 0 Å². The second-order valence-corrected chi connectivity index (χ2v) is 8.18. The van der Waals surface area contributed by atoms with Crippen LogP contribution in [-0.4, -0.2) is 34.4 Å². The van der Waals surface area contributed by atoms with Gasteiger partial charge < -0.3 is 9.84 Å². The molecular weight excluding hydrogens is 390 g/mol. The van der Waals surface area contributed by atoms with Crippen molar-refractivity contribution in [2.75, 3.05) is 7.11 Å². The van der Waals surface area contributed by atoms with Gasteiger partial charge in [0.25, 0.3) is 5.24 Å². The van der Waals surface area contributed by atoms with E-state index in [1.165, 1.54) is 13.2 Å². The number of ketones is 1. The molecule has 2 aliphatic rings. The molecule has 1 aliphatic carbocycles. The zero-order chi connectivity index (χ0) is 20.5. The van der Waals surface area contributed by atoms with Crippen molar-refractivity contribution in [3.05, 3.63) is 64.2 Å². The van der Waals surface area contributed by atoms with Gasteiger partial charge in [0, 0.05) is 11.1 Å². The van der Waals surface area contributed by atoms with E-state index in [9.17, 15) is 19.5 Å². The standard InChI is InChI=1S/C22H19NO5S/c1-28-18-10-12(3-7-17(18)24)8-15-6-5-14-4-2-13(9-16(14)20(15)25)11-19-21(26)23-22(27)29-19/h2-4,7-10,19,24H,5-6,11H2,1H3,(H,23,26,27). The number of phenolic OH excluding ortho intramolecular Hbond substituents is 1. The molecule has 4 rings (SSSR count). The van der Waals surface area contributed by atoms with Crippen LogP contribution in [0.4, 0.5) is 4.79 Å². The molecule has 29 heavy (non-hydrogen) atoms. The van der Waals surface area contributed by atoms with Crippen LogP contribution in [0.5, 0.6) is 11.5 Å². The Hall–Kier alpha value is -3.06. The third-order valence-electron chi connectivity index (χ3n) is 5.11. The van der Waals surface area contributed by atoms with Crippen LogP contribution >= 0.6 is 11.8 Å². The van der Waals surface area contributed by atoms with Gasteiger partial charge in [-0.1, -0.05) is 30.0 Å². The third kappa shape index (κ3) is 3.91. The van der Waals surface area contributed by atoms with E-state index in [0.717, 1.165) is 34.9 Å². The summed E-state index contributed by atoms with van der Waals surface area (Å²) in [5.74, 6) is 0.0738. The minimum absolute atomic E-state index is 0.0419. The number of phenols is 1. The molecule has 1 saturated heterocycles. The molecule has 1 fully saturated rings. The molecule has 1 aliphatic heterocycles. The van der Waals surface area contributed by atoms with Crippen LogP contribution < -0.4 is 10.1 Å². The van der Waals surface area contributed by atoms with Crippen LogP contribution in [0.3, 0.4) is 0 Å². The summed E-state index contributed by atoms with van der Waals surface area (Å²) in [6, 6.07) is 10.6. The minimum Gasteiger partial charge on any atom is -0.504 e. The number of carbonyl (C=O) groups excluding carboxylic acids is 3. The highest BCUT2D eigenvalue weighted by Crippen LogP contribution is 2.31. The third-order valence-corrected chi connectivity index (χ3v) is 6.09. The Kier molecular flexibility index (Phi) is 5.15. The number of benzene rings is 2. The molecule has 2 amide bonds. The molecule has 1 unspecified atom stereocenters. The average Bonchev–Trinajstić information content (AvgIpc) is 3.02. The first-order chi connectivity index (χ1) is 13.9. The van der Waals surface area contributed by atoms with Crippen molar-refractivity contribution in [1.29, 1.82) is 0 Å². The number of nitrogens with one attached hydrogen (secondary N) is 1. The van der Waals surface area contributed by atoms with Crippen molar-refractivity contribution < 1.29 is 24.2 Å². The van der Waals surface area contributed by atoms with Gasteiger partial charge in [-0.05, 0) is 60.2 Å². The minimum atomic E-state index is -0.460. The lowest BCUT2D eigenvalue weighted by molar-refractivity contribution is -0.118. The van der Waals surface area contributed by atoms with Gasteiger partial charge in [-0.15, -0.1) is 0 Å². The van der Waals surface area contributed by atoms with Crippen LogP contribution in [0.1, 0.15) is 33.5 Å². The summed E-state index contributed by atoms with van der Waals surface area (Å²) in [7, 11) is 1.48. The fourth-order valence-corrected chi connectivity index (χ4v) is 4.46. The van der Waals surface area contributed by atoms with Crippen LogP contribution in [0.15, 0.2) is 42.0 Å². The van der Waals surface area contributed by atoms with E-state index in [0.29, 0.717) is 29.7 Å². The highest BCUT2D eigenvalue weighted by atomic mass is 32.2. The molecule has 1 heterocycles. The van der Waals surface area contributed by atoms with Crippen molar-refractivity contribution in [2.24, 2.45) is 0 Å². The van der Waals surface area contributed by atoms with Gasteiger partial charge in [0.05, 0.1) is 12.4 Å². The molecule has 2 aromatic carbocycles. The number of ether oxygens (including phenoxy) is 1. The SMILES string of the molecule is COc1cc(C=C2CCc3ccc(CC4SC(=O)NC4=O)cc3C2=O)ccc1O. The molecule has 0 radical (unpaired) electrons. The largest absolute Gasteiger partial charge is 0.504 e. The summed E-state index contributed by atoms with van der Waals surface area (Å²) in [6.45, 7) is 0. The molecule has 148 valence electrons. The molecule has 2 N–H and O–H groups in total. The maximum Gasteiger partial charge on any atom is 0.286 e.